The topological polar surface area (TPSA) is 113 Å². The Hall–Kier alpha value is -2.64. The number of nitrogens with zero attached hydrogens (tertiary/aromatic N) is 1. The second kappa shape index (κ2) is 6.69. The van der Waals surface area contributed by atoms with Gasteiger partial charge in [-0.05, 0) is 12.1 Å². The van der Waals surface area contributed by atoms with Crippen molar-refractivity contribution in [2.45, 2.75) is 6.42 Å². The van der Waals surface area contributed by atoms with E-state index in [-0.39, 0.29) is 29.8 Å². The molecule has 1 unspecified atom stereocenters. The Morgan fingerprint density at radius 2 is 2.05 bits per heavy atom. The van der Waals surface area contributed by atoms with Gasteiger partial charge in [0, 0.05) is 43.9 Å². The van der Waals surface area contributed by atoms with E-state index in [9.17, 15) is 19.7 Å². The molecule has 0 bridgehead atoms. The molecular formula is C13H16N4O4. The number of rotatable bonds is 6. The first kappa shape index (κ1) is 14.8. The molecule has 1 saturated heterocycles. The third kappa shape index (κ3) is 4.16. The molecule has 3 N–H and O–H groups in total. The molecule has 8 heteroatoms. The maximum absolute atomic E-state index is 11.7. The standard InChI is InChI=1S/C13H16N4O4/c18-12-7-9(8-16-12)13(19)15-6-5-14-10-1-3-11(4-2-10)17(20)21/h1-4,9,14H,5-8H2,(H,15,19)(H,16,18). The number of hydrogen-bond donors (Lipinski definition) is 3. The molecule has 1 aliphatic heterocycles. The van der Waals surface area contributed by atoms with Crippen LogP contribution in [-0.4, -0.2) is 36.4 Å². The number of benzene rings is 1. The van der Waals surface area contributed by atoms with Crippen LogP contribution in [0.15, 0.2) is 24.3 Å². The minimum Gasteiger partial charge on any atom is -0.383 e. The predicted molar refractivity (Wildman–Crippen MR) is 75.7 cm³/mol. The van der Waals surface area contributed by atoms with Gasteiger partial charge in [-0.1, -0.05) is 0 Å². The number of hydrogen-bond acceptors (Lipinski definition) is 5. The van der Waals surface area contributed by atoms with E-state index in [4.69, 9.17) is 0 Å². The number of carbonyl (C=O) groups excluding carboxylic acids is 2. The fourth-order valence-electron chi connectivity index (χ4n) is 2.03. The summed E-state index contributed by atoms with van der Waals surface area (Å²) in [6, 6.07) is 6.05. The average molecular weight is 292 g/mol. The van der Waals surface area contributed by atoms with Crippen molar-refractivity contribution in [2.24, 2.45) is 5.92 Å². The summed E-state index contributed by atoms with van der Waals surface area (Å²) in [7, 11) is 0. The van der Waals surface area contributed by atoms with Gasteiger partial charge in [-0.2, -0.15) is 0 Å². The van der Waals surface area contributed by atoms with E-state index < -0.39 is 4.92 Å². The molecule has 0 aromatic heterocycles. The van der Waals surface area contributed by atoms with Crippen molar-refractivity contribution in [2.75, 3.05) is 25.0 Å². The zero-order valence-electron chi connectivity index (χ0n) is 11.3. The van der Waals surface area contributed by atoms with Gasteiger partial charge in [0.1, 0.15) is 0 Å². The molecule has 21 heavy (non-hydrogen) atoms. The Balaban J connectivity index is 1.68. The molecule has 0 aliphatic carbocycles. The van der Waals surface area contributed by atoms with E-state index in [1.54, 1.807) is 12.1 Å². The van der Waals surface area contributed by atoms with Gasteiger partial charge in [-0.15, -0.1) is 0 Å². The van der Waals surface area contributed by atoms with Crippen molar-refractivity contribution in [1.82, 2.24) is 10.6 Å². The summed E-state index contributed by atoms with van der Waals surface area (Å²) < 4.78 is 0. The second-order valence-corrected chi connectivity index (χ2v) is 4.73. The second-order valence-electron chi connectivity index (χ2n) is 4.73. The Kier molecular flexibility index (Phi) is 4.70. The third-order valence-electron chi connectivity index (χ3n) is 3.18. The number of nitro groups is 1. The highest BCUT2D eigenvalue weighted by atomic mass is 16.6. The lowest BCUT2D eigenvalue weighted by Gasteiger charge is -2.10. The number of nitrogens with one attached hydrogen (secondary N) is 3. The van der Waals surface area contributed by atoms with Crippen molar-refractivity contribution >= 4 is 23.2 Å². The van der Waals surface area contributed by atoms with Crippen LogP contribution in [0, 0.1) is 16.0 Å². The first-order chi connectivity index (χ1) is 10.1. The summed E-state index contributed by atoms with van der Waals surface area (Å²) in [5, 5.41) is 18.9. The van der Waals surface area contributed by atoms with Gasteiger partial charge in [0.2, 0.25) is 11.8 Å². The summed E-state index contributed by atoms with van der Waals surface area (Å²) in [6.45, 7) is 1.30. The summed E-state index contributed by atoms with van der Waals surface area (Å²) in [5.74, 6) is -0.533. The average Bonchev–Trinajstić information content (AvgIpc) is 2.90. The van der Waals surface area contributed by atoms with Crippen molar-refractivity contribution < 1.29 is 14.5 Å². The predicted octanol–water partition coefficient (Wildman–Crippen LogP) is 0.259. The zero-order chi connectivity index (χ0) is 15.2. The van der Waals surface area contributed by atoms with E-state index in [1.807, 2.05) is 0 Å². The maximum atomic E-state index is 11.7. The fraction of sp³-hybridized carbons (Fsp3) is 0.385. The molecule has 112 valence electrons. The number of amides is 2. The van der Waals surface area contributed by atoms with Crippen LogP contribution in [0.1, 0.15) is 6.42 Å². The summed E-state index contributed by atoms with van der Waals surface area (Å²) in [4.78, 5) is 32.8. The highest BCUT2D eigenvalue weighted by Gasteiger charge is 2.27. The molecule has 0 spiro atoms. The quantitative estimate of drug-likeness (QED) is 0.395. The summed E-state index contributed by atoms with van der Waals surface area (Å²) in [5.41, 5.74) is 0.778. The van der Waals surface area contributed by atoms with Gasteiger partial charge in [0.05, 0.1) is 10.8 Å². The maximum Gasteiger partial charge on any atom is 0.269 e. The molecule has 1 atom stereocenters. The summed E-state index contributed by atoms with van der Waals surface area (Å²) >= 11 is 0. The van der Waals surface area contributed by atoms with Crippen LogP contribution in [0.2, 0.25) is 0 Å². The van der Waals surface area contributed by atoms with Crippen molar-refractivity contribution in [3.05, 3.63) is 34.4 Å². The van der Waals surface area contributed by atoms with Gasteiger partial charge in [-0.25, -0.2) is 0 Å². The molecule has 8 nitrogen and oxygen atoms in total. The smallest absolute Gasteiger partial charge is 0.269 e. The first-order valence-electron chi connectivity index (χ1n) is 6.59. The van der Waals surface area contributed by atoms with Gasteiger partial charge in [-0.3, -0.25) is 19.7 Å². The molecule has 0 radical (unpaired) electrons. The Morgan fingerprint density at radius 3 is 2.62 bits per heavy atom. The van der Waals surface area contributed by atoms with E-state index >= 15 is 0 Å². The lowest BCUT2D eigenvalue weighted by atomic mass is 10.1. The molecule has 1 aromatic rings. The number of non-ortho nitro benzene ring substituents is 1. The molecule has 2 rings (SSSR count). The monoisotopic (exact) mass is 292 g/mol. The normalized spacial score (nSPS) is 17.1. The molecule has 1 heterocycles. The largest absolute Gasteiger partial charge is 0.383 e. The number of anilines is 1. The van der Waals surface area contributed by atoms with E-state index in [0.29, 0.717) is 19.6 Å². The van der Waals surface area contributed by atoms with Crippen molar-refractivity contribution in [1.29, 1.82) is 0 Å². The van der Waals surface area contributed by atoms with E-state index in [0.717, 1.165) is 5.69 Å². The van der Waals surface area contributed by atoms with Gasteiger partial charge < -0.3 is 16.0 Å². The third-order valence-corrected chi connectivity index (χ3v) is 3.18. The fourth-order valence-corrected chi connectivity index (χ4v) is 2.03. The Bertz CT molecular complexity index is 544. The van der Waals surface area contributed by atoms with Crippen LogP contribution < -0.4 is 16.0 Å². The number of carbonyl (C=O) groups is 2. The zero-order valence-corrected chi connectivity index (χ0v) is 11.3. The minimum atomic E-state index is -0.457. The molecule has 2 amide bonds. The first-order valence-corrected chi connectivity index (χ1v) is 6.59. The number of nitro benzene ring substituents is 1. The van der Waals surface area contributed by atoms with E-state index in [1.165, 1.54) is 12.1 Å². The molecular weight excluding hydrogens is 276 g/mol. The van der Waals surface area contributed by atoms with Gasteiger partial charge in [0.25, 0.3) is 5.69 Å². The van der Waals surface area contributed by atoms with Crippen LogP contribution in [0.3, 0.4) is 0 Å². The van der Waals surface area contributed by atoms with Crippen LogP contribution in [0.5, 0.6) is 0 Å². The van der Waals surface area contributed by atoms with Crippen LogP contribution >= 0.6 is 0 Å². The molecule has 1 fully saturated rings. The SMILES string of the molecule is O=C1CC(C(=O)NCCNc2ccc([N+](=O)[O-])cc2)CN1. The highest BCUT2D eigenvalue weighted by molar-refractivity contribution is 5.89. The van der Waals surface area contributed by atoms with Gasteiger partial charge >= 0.3 is 0 Å². The molecule has 0 saturated carbocycles. The van der Waals surface area contributed by atoms with Crippen molar-refractivity contribution in [3.63, 3.8) is 0 Å². The molecule has 1 aromatic carbocycles. The highest BCUT2D eigenvalue weighted by Crippen LogP contribution is 2.14. The van der Waals surface area contributed by atoms with Crippen LogP contribution in [-0.2, 0) is 9.59 Å². The summed E-state index contributed by atoms with van der Waals surface area (Å²) in [6.07, 6.45) is 0.238. The lowest BCUT2D eigenvalue weighted by molar-refractivity contribution is -0.384. The minimum absolute atomic E-state index is 0.0345. The Morgan fingerprint density at radius 1 is 1.33 bits per heavy atom. The lowest BCUT2D eigenvalue weighted by Crippen LogP contribution is -2.34. The van der Waals surface area contributed by atoms with Crippen molar-refractivity contribution in [3.8, 4) is 0 Å². The Labute approximate surface area is 121 Å². The van der Waals surface area contributed by atoms with Gasteiger partial charge in [0.15, 0.2) is 0 Å². The van der Waals surface area contributed by atoms with Crippen LogP contribution in [0.4, 0.5) is 11.4 Å². The van der Waals surface area contributed by atoms with E-state index in [2.05, 4.69) is 16.0 Å². The van der Waals surface area contributed by atoms with Crippen LogP contribution in [0.25, 0.3) is 0 Å². The molecule has 1 aliphatic rings.